The fraction of sp³-hybridized carbons (Fsp3) is 0.789. The Morgan fingerprint density at radius 3 is 2.79 bits per heavy atom. The smallest absolute Gasteiger partial charge is 0.244 e. The van der Waals surface area contributed by atoms with Crippen molar-refractivity contribution in [3.63, 3.8) is 0 Å². The number of carbonyl (C=O) groups excluding carboxylic acids is 3. The van der Waals surface area contributed by atoms with Gasteiger partial charge in [0.1, 0.15) is 18.1 Å². The zero-order valence-electron chi connectivity index (χ0n) is 16.6. The van der Waals surface area contributed by atoms with Gasteiger partial charge in [-0.3, -0.25) is 14.4 Å². The van der Waals surface area contributed by atoms with Gasteiger partial charge in [0.25, 0.3) is 0 Å². The first-order valence-corrected chi connectivity index (χ1v) is 9.75. The molecule has 3 rings (SSSR count). The Hall–Kier alpha value is -2.18. The van der Waals surface area contributed by atoms with Crippen molar-refractivity contribution in [2.24, 2.45) is 28.9 Å². The lowest BCUT2D eigenvalue weighted by atomic mass is 9.97. The number of ether oxygens (including phenoxy) is 1. The van der Waals surface area contributed by atoms with Crippen LogP contribution in [0.5, 0.6) is 0 Å². The highest BCUT2D eigenvalue weighted by Gasteiger charge is 2.69. The predicted molar refractivity (Wildman–Crippen MR) is 99.4 cm³/mol. The van der Waals surface area contributed by atoms with E-state index in [1.54, 1.807) is 0 Å². The third-order valence-corrected chi connectivity index (χ3v) is 6.58. The zero-order chi connectivity index (χ0) is 20.6. The van der Waals surface area contributed by atoms with Crippen LogP contribution >= 0.6 is 0 Å². The van der Waals surface area contributed by atoms with E-state index in [4.69, 9.17) is 10.5 Å². The first-order chi connectivity index (χ1) is 13.2. The van der Waals surface area contributed by atoms with Crippen LogP contribution in [0.2, 0.25) is 0 Å². The molecule has 0 spiro atoms. The minimum Gasteiger partial charge on any atom is -0.383 e. The lowest BCUT2D eigenvalue weighted by molar-refractivity contribution is -0.142. The molecule has 1 aliphatic carbocycles. The number of methoxy groups -OCH3 is 1. The van der Waals surface area contributed by atoms with Crippen LogP contribution in [-0.4, -0.2) is 67.6 Å². The lowest BCUT2D eigenvalue weighted by Gasteiger charge is -2.32. The summed E-state index contributed by atoms with van der Waals surface area (Å²) < 4.78 is 4.97. The Labute approximate surface area is 164 Å². The van der Waals surface area contributed by atoms with Crippen molar-refractivity contribution in [1.82, 2.24) is 15.5 Å². The maximum atomic E-state index is 13.1. The van der Waals surface area contributed by atoms with Gasteiger partial charge in [0.2, 0.25) is 17.7 Å². The second-order valence-electron chi connectivity index (χ2n) is 8.65. The number of hydrogen-bond donors (Lipinski definition) is 3. The summed E-state index contributed by atoms with van der Waals surface area (Å²) in [5.74, 6) is -0.731. The molecule has 1 saturated carbocycles. The highest BCUT2D eigenvalue weighted by atomic mass is 16.5. The quantitative estimate of drug-likeness (QED) is 0.508. The summed E-state index contributed by atoms with van der Waals surface area (Å²) in [5, 5.41) is 15.0. The van der Waals surface area contributed by atoms with Crippen molar-refractivity contribution in [1.29, 1.82) is 5.26 Å². The summed E-state index contributed by atoms with van der Waals surface area (Å²) in [5.41, 5.74) is 5.87. The Morgan fingerprint density at radius 1 is 1.50 bits per heavy atom. The number of fused-ring (bicyclic) bond motifs is 1. The molecule has 0 bridgehead atoms. The van der Waals surface area contributed by atoms with Crippen LogP contribution in [0.25, 0.3) is 0 Å². The maximum absolute atomic E-state index is 13.1. The van der Waals surface area contributed by atoms with Gasteiger partial charge in [0, 0.05) is 26.1 Å². The molecule has 154 valence electrons. The van der Waals surface area contributed by atoms with Crippen LogP contribution in [0.4, 0.5) is 0 Å². The van der Waals surface area contributed by atoms with Crippen molar-refractivity contribution in [3.05, 3.63) is 0 Å². The Bertz CT molecular complexity index is 703. The monoisotopic (exact) mass is 391 g/mol. The van der Waals surface area contributed by atoms with Crippen molar-refractivity contribution >= 4 is 17.7 Å². The molecular weight excluding hydrogens is 362 g/mol. The van der Waals surface area contributed by atoms with Gasteiger partial charge in [-0.05, 0) is 30.1 Å². The molecular formula is C19H29N5O4. The van der Waals surface area contributed by atoms with E-state index >= 15 is 0 Å². The Kier molecular flexibility index (Phi) is 5.64. The second-order valence-corrected chi connectivity index (χ2v) is 8.65. The minimum absolute atomic E-state index is 0.0301. The number of nitrogens with two attached hydrogens (primary N) is 1. The summed E-state index contributed by atoms with van der Waals surface area (Å²) in [6.45, 7) is 5.33. The Morgan fingerprint density at radius 2 is 2.21 bits per heavy atom. The summed E-state index contributed by atoms with van der Waals surface area (Å²) in [4.78, 5) is 39.1. The second kappa shape index (κ2) is 7.68. The predicted octanol–water partition coefficient (Wildman–Crippen LogP) is -1.02. The van der Waals surface area contributed by atoms with Crippen LogP contribution in [0.1, 0.15) is 26.7 Å². The van der Waals surface area contributed by atoms with Gasteiger partial charge in [-0.2, -0.15) is 5.26 Å². The molecule has 9 heteroatoms. The van der Waals surface area contributed by atoms with Crippen molar-refractivity contribution in [3.8, 4) is 6.07 Å². The van der Waals surface area contributed by atoms with Crippen molar-refractivity contribution in [2.75, 3.05) is 26.8 Å². The van der Waals surface area contributed by atoms with Gasteiger partial charge in [0.15, 0.2) is 0 Å². The number of likely N-dealkylation sites (tertiary alicyclic amines) is 1. The summed E-state index contributed by atoms with van der Waals surface area (Å²) in [6, 6.07) is -0.165. The first kappa shape index (κ1) is 20.6. The SMILES string of the molecule is COCC(N)C(=O)N1C[C@H]2[C@@H]([C@H]1C(=O)NC(C#N)C[C@@H]1CCNC1=O)C2(C)C. The number of nitrogens with one attached hydrogen (secondary N) is 2. The normalized spacial score (nSPS) is 32.1. The van der Waals surface area contributed by atoms with Gasteiger partial charge in [-0.1, -0.05) is 13.8 Å². The van der Waals surface area contributed by atoms with Crippen LogP contribution in [-0.2, 0) is 19.1 Å². The Balaban J connectivity index is 1.70. The number of amides is 3. The first-order valence-electron chi connectivity index (χ1n) is 9.75. The molecule has 3 aliphatic rings. The molecule has 4 N–H and O–H groups in total. The van der Waals surface area contributed by atoms with Crippen LogP contribution in [0.3, 0.4) is 0 Å². The van der Waals surface area contributed by atoms with Crippen LogP contribution in [0, 0.1) is 34.5 Å². The van der Waals surface area contributed by atoms with Crippen molar-refractivity contribution in [2.45, 2.75) is 44.8 Å². The molecule has 28 heavy (non-hydrogen) atoms. The van der Waals surface area contributed by atoms with Gasteiger partial charge < -0.3 is 26.0 Å². The number of piperidine rings is 1. The van der Waals surface area contributed by atoms with Gasteiger partial charge in [-0.15, -0.1) is 0 Å². The fourth-order valence-corrected chi connectivity index (χ4v) is 4.83. The maximum Gasteiger partial charge on any atom is 0.244 e. The third-order valence-electron chi connectivity index (χ3n) is 6.58. The molecule has 0 aromatic rings. The van der Waals surface area contributed by atoms with E-state index in [-0.39, 0.29) is 53.9 Å². The summed E-state index contributed by atoms with van der Waals surface area (Å²) in [6.07, 6.45) is 0.930. The molecule has 3 fully saturated rings. The van der Waals surface area contributed by atoms with Crippen LogP contribution in [0.15, 0.2) is 0 Å². The number of carbonyl (C=O) groups is 3. The van der Waals surface area contributed by atoms with Gasteiger partial charge in [0.05, 0.1) is 12.7 Å². The molecule has 3 amide bonds. The standard InChI is InChI=1S/C19H29N5O4/c1-19(2)12-8-24(18(27)13(21)9-28-3)15(14(12)19)17(26)23-11(7-20)6-10-4-5-22-16(10)25/h10-15H,4-6,8-9,21H2,1-3H3,(H,22,25)(H,23,26)/t10-,11?,12-,13?,14-,15-/m0/s1. The molecule has 2 aliphatic heterocycles. The molecule has 6 atom stereocenters. The van der Waals surface area contributed by atoms with Crippen molar-refractivity contribution < 1.29 is 19.1 Å². The zero-order valence-corrected chi connectivity index (χ0v) is 16.6. The van der Waals surface area contributed by atoms with E-state index in [0.717, 1.165) is 0 Å². The number of rotatable bonds is 7. The van der Waals surface area contributed by atoms with E-state index in [2.05, 4.69) is 30.6 Å². The largest absolute Gasteiger partial charge is 0.383 e. The minimum atomic E-state index is -0.824. The van der Waals surface area contributed by atoms with Gasteiger partial charge >= 0.3 is 0 Å². The fourth-order valence-electron chi connectivity index (χ4n) is 4.83. The molecule has 0 radical (unpaired) electrons. The van der Waals surface area contributed by atoms with E-state index in [0.29, 0.717) is 19.5 Å². The topological polar surface area (TPSA) is 138 Å². The third kappa shape index (κ3) is 3.59. The van der Waals surface area contributed by atoms with E-state index in [1.807, 2.05) is 0 Å². The van der Waals surface area contributed by atoms with E-state index in [1.165, 1.54) is 12.0 Å². The molecule has 2 heterocycles. The average Bonchev–Trinajstić information content (AvgIpc) is 3.03. The highest BCUT2D eigenvalue weighted by Crippen LogP contribution is 2.64. The van der Waals surface area contributed by atoms with Crippen LogP contribution < -0.4 is 16.4 Å². The highest BCUT2D eigenvalue weighted by molar-refractivity contribution is 5.92. The average molecular weight is 391 g/mol. The molecule has 0 aromatic heterocycles. The molecule has 9 nitrogen and oxygen atoms in total. The summed E-state index contributed by atoms with van der Waals surface area (Å²) >= 11 is 0. The molecule has 0 aromatic carbocycles. The van der Waals surface area contributed by atoms with E-state index in [9.17, 15) is 19.6 Å². The van der Waals surface area contributed by atoms with E-state index < -0.39 is 18.1 Å². The van der Waals surface area contributed by atoms with Gasteiger partial charge in [-0.25, -0.2) is 0 Å². The number of nitrogens with zero attached hydrogens (tertiary/aromatic N) is 2. The number of hydrogen-bond acceptors (Lipinski definition) is 6. The lowest BCUT2D eigenvalue weighted by Crippen LogP contribution is -2.56. The number of nitriles is 1. The summed E-state index contributed by atoms with van der Waals surface area (Å²) in [7, 11) is 1.47. The molecule has 2 unspecified atom stereocenters. The molecule has 2 saturated heterocycles.